The third kappa shape index (κ3) is 56.7. The van der Waals surface area contributed by atoms with Crippen molar-refractivity contribution in [2.45, 2.75) is 282 Å². The van der Waals surface area contributed by atoms with E-state index in [9.17, 15) is 39.3 Å². The Labute approximate surface area is 490 Å². The predicted molar refractivity (Wildman–Crippen MR) is 319 cm³/mol. The minimum Gasteiger partial charge on any atom is -0.550 e. The highest BCUT2D eigenvalue weighted by atomic mass is 16.6. The number of hydrogen-bond donors (Lipinski definition) is 1. The van der Waals surface area contributed by atoms with Crippen LogP contribution in [-0.4, -0.2) is 162 Å². The molecule has 0 fully saturated rings. The smallest absolute Gasteiger partial charge is 0.330 e. The molecule has 0 aliphatic rings. The molecular formula is C65H125N3O12. The summed E-state index contributed by atoms with van der Waals surface area (Å²) in [7, 11) is 17.5. The van der Waals surface area contributed by atoms with Gasteiger partial charge in [0.05, 0.1) is 76.0 Å². The fraction of sp³-hybridized carbons (Fsp3) is 0.892. The fourth-order valence-electron chi connectivity index (χ4n) is 10.3. The zero-order valence-electron chi connectivity index (χ0n) is 53.5. The Bertz CT molecular complexity index is 1560. The molecule has 1 N–H and O–H groups in total. The van der Waals surface area contributed by atoms with Crippen LogP contribution in [0.2, 0.25) is 0 Å². The number of aliphatic hydroxyl groups excluding tert-OH is 1. The summed E-state index contributed by atoms with van der Waals surface area (Å²) in [5.41, 5.74) is 0. The molecule has 0 aromatic carbocycles. The van der Waals surface area contributed by atoms with E-state index in [1.165, 1.54) is 147 Å². The number of hydrogen-bond acceptors (Lipinski definition) is 12. The van der Waals surface area contributed by atoms with Crippen LogP contribution in [0.3, 0.4) is 0 Å². The zero-order valence-corrected chi connectivity index (χ0v) is 53.5. The number of likely N-dealkylation sites (N-methyl/N-ethyl adjacent to an activating group) is 3. The van der Waals surface area contributed by atoms with E-state index in [-0.39, 0.29) is 25.9 Å². The van der Waals surface area contributed by atoms with E-state index >= 15 is 0 Å². The van der Waals surface area contributed by atoms with Crippen LogP contribution in [-0.2, 0) is 38.2 Å². The molecule has 0 aliphatic carbocycles. The van der Waals surface area contributed by atoms with Gasteiger partial charge >= 0.3 is 11.9 Å². The molecule has 15 heteroatoms. The van der Waals surface area contributed by atoms with Crippen LogP contribution in [0.15, 0.2) is 12.2 Å². The summed E-state index contributed by atoms with van der Waals surface area (Å²) in [6.07, 6.45) is 39.9. The maximum absolute atomic E-state index is 13.3. The molecule has 5 atom stereocenters. The molecule has 472 valence electrons. The van der Waals surface area contributed by atoms with Crippen LogP contribution in [0.25, 0.3) is 0 Å². The average Bonchev–Trinajstić information content (AvgIpc) is 3.33. The van der Waals surface area contributed by atoms with Gasteiger partial charge in [0.15, 0.2) is 12.2 Å². The van der Waals surface area contributed by atoms with Gasteiger partial charge in [-0.15, -0.1) is 0 Å². The monoisotopic (exact) mass is 1140 g/mol. The maximum Gasteiger partial charge on any atom is 0.330 e. The summed E-state index contributed by atoms with van der Waals surface area (Å²) in [5, 5.41) is 43.8. The van der Waals surface area contributed by atoms with Gasteiger partial charge in [-0.3, -0.25) is 4.79 Å². The van der Waals surface area contributed by atoms with Crippen molar-refractivity contribution in [1.82, 2.24) is 0 Å². The molecule has 0 aromatic rings. The van der Waals surface area contributed by atoms with Crippen molar-refractivity contribution >= 4 is 29.8 Å². The van der Waals surface area contributed by atoms with Crippen LogP contribution in [0.4, 0.5) is 0 Å². The van der Waals surface area contributed by atoms with Crippen LogP contribution >= 0.6 is 0 Å². The lowest BCUT2D eigenvalue weighted by Crippen LogP contribution is -2.51. The number of nitrogens with zero attached hydrogens (tertiary/aromatic N) is 3. The number of ether oxygens (including phenoxy) is 3. The van der Waals surface area contributed by atoms with E-state index < -0.39 is 60.2 Å². The normalized spacial score (nSPS) is 14.0. The van der Waals surface area contributed by atoms with E-state index in [2.05, 4.69) is 13.8 Å². The number of unbranched alkanes of at least 4 members (excludes halogenated alkanes) is 30. The Morgan fingerprint density at radius 1 is 0.425 bits per heavy atom. The summed E-state index contributed by atoms with van der Waals surface area (Å²) < 4.78 is 19.1. The number of carbonyl (C=O) groups is 5. The third-order valence-corrected chi connectivity index (χ3v) is 14.4. The van der Waals surface area contributed by atoms with Crippen molar-refractivity contribution in [1.29, 1.82) is 0 Å². The number of rotatable bonds is 55. The van der Waals surface area contributed by atoms with Gasteiger partial charge in [0, 0.05) is 49.4 Å². The van der Waals surface area contributed by atoms with E-state index in [0.29, 0.717) is 45.9 Å². The van der Waals surface area contributed by atoms with Gasteiger partial charge in [0.2, 0.25) is 0 Å². The zero-order chi connectivity index (χ0) is 60.5. The van der Waals surface area contributed by atoms with Gasteiger partial charge in [0.1, 0.15) is 25.7 Å². The first-order valence-corrected chi connectivity index (χ1v) is 32.2. The second kappa shape index (κ2) is 50.4. The Morgan fingerprint density at radius 3 is 1.14 bits per heavy atom. The minimum atomic E-state index is -1.27. The van der Waals surface area contributed by atoms with Crippen LogP contribution in [0.5, 0.6) is 0 Å². The van der Waals surface area contributed by atoms with Crippen LogP contribution < -0.4 is 15.3 Å². The van der Waals surface area contributed by atoms with Crippen LogP contribution in [0.1, 0.15) is 258 Å². The molecule has 0 saturated carbocycles. The van der Waals surface area contributed by atoms with Crippen molar-refractivity contribution in [2.75, 3.05) is 89.7 Å². The lowest BCUT2D eigenvalue weighted by Gasteiger charge is -2.36. The van der Waals surface area contributed by atoms with Crippen molar-refractivity contribution in [3.05, 3.63) is 12.2 Å². The van der Waals surface area contributed by atoms with Gasteiger partial charge in [-0.1, -0.05) is 213 Å². The summed E-state index contributed by atoms with van der Waals surface area (Å²) >= 11 is 0. The largest absolute Gasteiger partial charge is 0.550 e. The summed E-state index contributed by atoms with van der Waals surface area (Å²) in [5.74, 6) is -5.38. The van der Waals surface area contributed by atoms with E-state index in [1.807, 2.05) is 69.5 Å². The molecule has 0 rings (SSSR count). The van der Waals surface area contributed by atoms with E-state index in [1.54, 1.807) is 0 Å². The van der Waals surface area contributed by atoms with Crippen molar-refractivity contribution in [3.63, 3.8) is 0 Å². The highest BCUT2D eigenvalue weighted by molar-refractivity contribution is 5.82. The lowest BCUT2D eigenvalue weighted by molar-refractivity contribution is -0.874. The molecule has 0 radical (unpaired) electrons. The molecule has 5 unspecified atom stereocenters. The van der Waals surface area contributed by atoms with Gasteiger partial charge in [0.25, 0.3) is 0 Å². The second-order valence-electron chi connectivity index (χ2n) is 26.3. The van der Waals surface area contributed by atoms with E-state index in [0.717, 1.165) is 70.6 Å². The molecule has 0 spiro atoms. The van der Waals surface area contributed by atoms with Gasteiger partial charge < -0.3 is 62.5 Å². The molecule has 0 amide bonds. The number of carboxylic acids is 3. The number of aliphatic hydroxyl groups is 1. The van der Waals surface area contributed by atoms with Crippen molar-refractivity contribution < 1.29 is 72.1 Å². The summed E-state index contributed by atoms with van der Waals surface area (Å²) in [4.78, 5) is 60.1. The molecule has 15 nitrogen and oxygen atoms in total. The minimum absolute atomic E-state index is 0.0617. The van der Waals surface area contributed by atoms with Gasteiger partial charge in [-0.25, -0.2) is 4.79 Å². The first kappa shape index (κ1) is 79.0. The molecule has 0 bridgehead atoms. The number of carbonyl (C=O) groups excluding carboxylic acids is 5. The fourth-order valence-corrected chi connectivity index (χ4v) is 10.3. The van der Waals surface area contributed by atoms with Gasteiger partial charge in [-0.2, -0.15) is 0 Å². The number of carboxylic acid groups (broad SMARTS) is 3. The average molecular weight is 1140 g/mol. The molecule has 0 aliphatic heterocycles. The number of allylic oxidation sites excluding steroid dienone is 1. The molecule has 0 aromatic heterocycles. The third-order valence-electron chi connectivity index (χ3n) is 14.4. The molecule has 0 heterocycles. The highest BCUT2D eigenvalue weighted by Crippen LogP contribution is 2.25. The highest BCUT2D eigenvalue weighted by Gasteiger charge is 2.33. The maximum atomic E-state index is 13.3. The summed E-state index contributed by atoms with van der Waals surface area (Å²) in [6.45, 7) is 5.97. The Hall–Kier alpha value is -3.11. The standard InChI is InChI=1S/C42H82N2O8.C23H43NO4/c1-8-9-10-11-12-17-20-23-26-29-36(33-41(48)52-37(32-40(46)47)34-43(2,3)4)51-39(35-44(5,6)7)38(42(49)50)30-27-24-21-18-15-13-14-16-19-22-25-28-31-45;1-5-6-7-8-9-10-11-12-13-14-15-16-17-18-23(27)28-21(19-22(25)26)20-24(2,3)4/h36-39,45H,8-35H2,1-7H3;17-18,21H,5-16,19-20H2,1-4H3. The van der Waals surface area contributed by atoms with Crippen molar-refractivity contribution in [3.8, 4) is 0 Å². The Kier molecular flexibility index (Phi) is 49.8. The first-order valence-electron chi connectivity index (χ1n) is 32.2. The van der Waals surface area contributed by atoms with E-state index in [4.69, 9.17) is 19.3 Å². The van der Waals surface area contributed by atoms with Crippen molar-refractivity contribution in [2.24, 2.45) is 5.92 Å². The molecule has 0 saturated heterocycles. The molecule has 80 heavy (non-hydrogen) atoms. The summed E-state index contributed by atoms with van der Waals surface area (Å²) in [6, 6.07) is 0. The Morgan fingerprint density at radius 2 is 0.775 bits per heavy atom. The first-order chi connectivity index (χ1) is 37.8. The second-order valence-corrected chi connectivity index (χ2v) is 26.3. The topological polar surface area (TPSA) is 202 Å². The quantitative estimate of drug-likeness (QED) is 0.0262. The molecular weight excluding hydrogens is 1010 g/mol. The SMILES string of the molecule is CCCCCCCCCCCC(CC(=O)OC(CC(=O)[O-])C[N+](C)(C)C)OC(C[N+](C)(C)C)C(CCCCCCCCCCCCCCO)C(=O)[O-].CCCCCCCCCCCCCC=CC(=O)OC(CC(=O)[O-])C[N+](C)(C)C. The number of quaternary nitrogens is 3. The number of esters is 2. The van der Waals surface area contributed by atoms with Gasteiger partial charge in [-0.05, 0) is 32.1 Å². The Balaban J connectivity index is 0. The number of aliphatic carboxylic acids is 3. The lowest BCUT2D eigenvalue weighted by atomic mass is 9.93. The predicted octanol–water partition coefficient (Wildman–Crippen LogP) is 9.95. The van der Waals surface area contributed by atoms with Crippen LogP contribution in [0, 0.1) is 5.92 Å².